The van der Waals surface area contributed by atoms with Gasteiger partial charge in [0.05, 0.1) is 11.8 Å². The molecule has 0 aromatic heterocycles. The molecule has 0 radical (unpaired) electrons. The summed E-state index contributed by atoms with van der Waals surface area (Å²) in [5.41, 5.74) is 6.48. The number of amides is 1. The lowest BCUT2D eigenvalue weighted by atomic mass is 9.77. The van der Waals surface area contributed by atoms with Gasteiger partial charge >= 0.3 is 0 Å². The second kappa shape index (κ2) is 8.35. The van der Waals surface area contributed by atoms with Gasteiger partial charge in [0.2, 0.25) is 0 Å². The number of carbonyl (C=O) groups excluding carboxylic acids is 1. The van der Waals surface area contributed by atoms with Gasteiger partial charge < -0.3 is 0 Å². The van der Waals surface area contributed by atoms with Crippen LogP contribution in [0.2, 0.25) is 0 Å². The highest BCUT2D eigenvalue weighted by Crippen LogP contribution is 2.44. The third-order valence-electron chi connectivity index (χ3n) is 6.29. The summed E-state index contributed by atoms with van der Waals surface area (Å²) in [5.74, 6) is 0.190. The van der Waals surface area contributed by atoms with Crippen molar-refractivity contribution in [3.8, 4) is 0 Å². The van der Waals surface area contributed by atoms with Crippen LogP contribution in [0.3, 0.4) is 0 Å². The second-order valence-electron chi connectivity index (χ2n) is 8.44. The minimum Gasteiger partial charge on any atom is -0.267 e. The number of hydrazone groups is 1. The first-order chi connectivity index (χ1) is 15.2. The van der Waals surface area contributed by atoms with E-state index >= 15 is 0 Å². The first-order valence-electron chi connectivity index (χ1n) is 11.0. The maximum atomic E-state index is 13.5. The number of fused-ring (bicyclic) bond motifs is 1. The number of rotatable bonds is 3. The molecule has 1 saturated carbocycles. The topological polar surface area (TPSA) is 32.7 Å². The van der Waals surface area contributed by atoms with Crippen molar-refractivity contribution in [2.45, 2.75) is 32.2 Å². The van der Waals surface area contributed by atoms with Crippen molar-refractivity contribution in [3.05, 3.63) is 113 Å². The Balaban J connectivity index is 1.57. The van der Waals surface area contributed by atoms with Crippen molar-refractivity contribution in [2.75, 3.05) is 0 Å². The maximum absolute atomic E-state index is 13.5. The molecule has 1 heterocycles. The zero-order valence-electron chi connectivity index (χ0n) is 17.7. The fourth-order valence-corrected chi connectivity index (χ4v) is 4.73. The molecule has 5 rings (SSSR count). The van der Waals surface area contributed by atoms with Crippen LogP contribution in [0.25, 0.3) is 6.08 Å². The minimum atomic E-state index is -0.0653. The first-order valence-corrected chi connectivity index (χ1v) is 11.0. The molecule has 3 nitrogen and oxygen atoms in total. The monoisotopic (exact) mass is 406 g/mol. The average molecular weight is 407 g/mol. The van der Waals surface area contributed by atoms with Crippen molar-refractivity contribution < 1.29 is 4.79 Å². The predicted octanol–water partition coefficient (Wildman–Crippen LogP) is 6.43. The van der Waals surface area contributed by atoms with E-state index in [0.29, 0.717) is 5.56 Å². The van der Waals surface area contributed by atoms with E-state index < -0.39 is 0 Å². The third kappa shape index (κ3) is 3.84. The molecule has 2 atom stereocenters. The van der Waals surface area contributed by atoms with Crippen molar-refractivity contribution in [3.63, 3.8) is 0 Å². The SMILES string of the molecule is Cc1ccc(C(=O)N2N=C3/C(=C/c4ccccc4)CCCC3C2c2ccccc2)cc1. The summed E-state index contributed by atoms with van der Waals surface area (Å²) < 4.78 is 0. The lowest BCUT2D eigenvalue weighted by Crippen LogP contribution is -2.31. The van der Waals surface area contributed by atoms with Crippen LogP contribution in [-0.4, -0.2) is 16.6 Å². The summed E-state index contributed by atoms with van der Waals surface area (Å²) in [7, 11) is 0. The van der Waals surface area contributed by atoms with E-state index in [4.69, 9.17) is 5.10 Å². The van der Waals surface area contributed by atoms with Gasteiger partial charge in [0.15, 0.2) is 0 Å². The largest absolute Gasteiger partial charge is 0.274 e. The molecule has 3 heteroatoms. The van der Waals surface area contributed by atoms with E-state index in [1.165, 1.54) is 11.1 Å². The Labute approximate surface area is 183 Å². The highest BCUT2D eigenvalue weighted by Gasteiger charge is 2.43. The molecule has 1 aliphatic heterocycles. The Morgan fingerprint density at radius 2 is 1.61 bits per heavy atom. The van der Waals surface area contributed by atoms with Crippen LogP contribution in [0.1, 0.15) is 52.4 Å². The Hall–Kier alpha value is -3.46. The zero-order valence-corrected chi connectivity index (χ0v) is 17.7. The highest BCUT2D eigenvalue weighted by molar-refractivity contribution is 6.09. The smallest absolute Gasteiger partial charge is 0.267 e. The summed E-state index contributed by atoms with van der Waals surface area (Å²) >= 11 is 0. The summed E-state index contributed by atoms with van der Waals surface area (Å²) in [6.45, 7) is 2.03. The van der Waals surface area contributed by atoms with E-state index in [2.05, 4.69) is 42.5 Å². The van der Waals surface area contributed by atoms with Crippen LogP contribution in [-0.2, 0) is 0 Å². The lowest BCUT2D eigenvalue weighted by Gasteiger charge is -2.29. The number of hydrogen-bond donors (Lipinski definition) is 0. The number of nitrogens with zero attached hydrogens (tertiary/aromatic N) is 2. The number of carbonyl (C=O) groups is 1. The van der Waals surface area contributed by atoms with Crippen molar-refractivity contribution in [2.24, 2.45) is 11.0 Å². The van der Waals surface area contributed by atoms with Crippen LogP contribution in [0, 0.1) is 12.8 Å². The third-order valence-corrected chi connectivity index (χ3v) is 6.29. The van der Waals surface area contributed by atoms with Crippen molar-refractivity contribution >= 4 is 17.7 Å². The summed E-state index contributed by atoms with van der Waals surface area (Å²) in [6, 6.07) is 28.5. The number of benzene rings is 3. The molecular weight excluding hydrogens is 380 g/mol. The second-order valence-corrected chi connectivity index (χ2v) is 8.44. The molecule has 1 amide bonds. The molecule has 1 aliphatic carbocycles. The fourth-order valence-electron chi connectivity index (χ4n) is 4.73. The van der Waals surface area contributed by atoms with Crippen LogP contribution < -0.4 is 0 Å². The summed E-state index contributed by atoms with van der Waals surface area (Å²) in [6.07, 6.45) is 5.39. The van der Waals surface area contributed by atoms with Gasteiger partial charge in [0.1, 0.15) is 0 Å². The summed E-state index contributed by atoms with van der Waals surface area (Å²) in [5, 5.41) is 6.72. The van der Waals surface area contributed by atoms with E-state index in [0.717, 1.165) is 36.1 Å². The van der Waals surface area contributed by atoms with Crippen LogP contribution in [0.15, 0.2) is 95.6 Å². The zero-order chi connectivity index (χ0) is 21.2. The Morgan fingerprint density at radius 1 is 0.935 bits per heavy atom. The molecule has 0 spiro atoms. The van der Waals surface area contributed by atoms with E-state index in [1.54, 1.807) is 5.01 Å². The molecule has 1 fully saturated rings. The Kier molecular flexibility index (Phi) is 5.25. The molecular formula is C28H26N2O. The molecule has 0 saturated heterocycles. The quantitative estimate of drug-likeness (QED) is 0.493. The van der Waals surface area contributed by atoms with Gasteiger partial charge in [-0.1, -0.05) is 78.4 Å². The molecule has 3 aromatic rings. The van der Waals surface area contributed by atoms with Crippen molar-refractivity contribution in [1.82, 2.24) is 5.01 Å². The standard InChI is InChI=1S/C28H26N2O/c1-20-15-17-23(18-16-20)28(31)30-27(22-11-6-3-7-12-22)25-14-8-13-24(26(25)29-30)19-21-9-4-2-5-10-21/h2-7,9-12,15-19,25,27H,8,13-14H2,1H3/b24-19+. The molecule has 0 N–H and O–H groups in total. The Bertz CT molecular complexity index is 1130. The van der Waals surface area contributed by atoms with Gasteiger partial charge in [0, 0.05) is 11.5 Å². The van der Waals surface area contributed by atoms with Crippen molar-refractivity contribution in [1.29, 1.82) is 0 Å². The summed E-state index contributed by atoms with van der Waals surface area (Å²) in [4.78, 5) is 13.5. The number of aryl methyl sites for hydroxylation is 1. The van der Waals surface area contributed by atoms with Gasteiger partial charge in [-0.15, -0.1) is 0 Å². The van der Waals surface area contributed by atoms with E-state index in [9.17, 15) is 4.79 Å². The molecule has 2 unspecified atom stereocenters. The first kappa shape index (κ1) is 19.5. The maximum Gasteiger partial charge on any atom is 0.274 e. The van der Waals surface area contributed by atoms with Gasteiger partial charge in [-0.3, -0.25) is 4.79 Å². The highest BCUT2D eigenvalue weighted by atomic mass is 16.2. The Morgan fingerprint density at radius 3 is 2.32 bits per heavy atom. The van der Waals surface area contributed by atoms with E-state index in [-0.39, 0.29) is 17.9 Å². The molecule has 2 aliphatic rings. The molecule has 154 valence electrons. The van der Waals surface area contributed by atoms with Gasteiger partial charge in [0.25, 0.3) is 5.91 Å². The van der Waals surface area contributed by atoms with Gasteiger partial charge in [-0.25, -0.2) is 5.01 Å². The number of hydrogen-bond acceptors (Lipinski definition) is 2. The predicted molar refractivity (Wildman–Crippen MR) is 126 cm³/mol. The lowest BCUT2D eigenvalue weighted by molar-refractivity contribution is 0.0681. The molecule has 31 heavy (non-hydrogen) atoms. The molecule has 3 aromatic carbocycles. The average Bonchev–Trinajstić information content (AvgIpc) is 3.21. The van der Waals surface area contributed by atoms with E-state index in [1.807, 2.05) is 55.5 Å². The van der Waals surface area contributed by atoms with Gasteiger partial charge in [-0.2, -0.15) is 5.10 Å². The van der Waals surface area contributed by atoms with Crippen LogP contribution in [0.5, 0.6) is 0 Å². The molecule has 0 bridgehead atoms. The fraction of sp³-hybridized carbons (Fsp3) is 0.214. The van der Waals surface area contributed by atoms with Crippen LogP contribution >= 0.6 is 0 Å². The van der Waals surface area contributed by atoms with Gasteiger partial charge in [-0.05, 0) is 61.1 Å². The number of allylic oxidation sites excluding steroid dienone is 1. The normalized spacial score (nSPS) is 21.6. The minimum absolute atomic E-state index is 0.0326. The van der Waals surface area contributed by atoms with Crippen LogP contribution in [0.4, 0.5) is 0 Å².